The first kappa shape index (κ1) is 81.1. The molecular formula is C64H124O17P2. The van der Waals surface area contributed by atoms with Gasteiger partial charge in [-0.3, -0.25) is 37.3 Å². The second kappa shape index (κ2) is 57.8. The third kappa shape index (κ3) is 58.8. The maximum atomic E-state index is 13.0. The van der Waals surface area contributed by atoms with Crippen LogP contribution in [0, 0.1) is 5.92 Å². The highest BCUT2D eigenvalue weighted by Gasteiger charge is 2.30. The van der Waals surface area contributed by atoms with Crippen molar-refractivity contribution in [2.24, 2.45) is 5.92 Å². The molecule has 83 heavy (non-hydrogen) atoms. The minimum absolute atomic E-state index is 0.101. The molecule has 492 valence electrons. The highest BCUT2D eigenvalue weighted by atomic mass is 31.2. The van der Waals surface area contributed by atoms with Crippen LogP contribution in [-0.2, 0) is 65.4 Å². The van der Waals surface area contributed by atoms with E-state index in [4.69, 9.17) is 37.0 Å². The number of hydrogen-bond acceptors (Lipinski definition) is 15. The summed E-state index contributed by atoms with van der Waals surface area (Å²) in [5.74, 6) is -1.48. The monoisotopic (exact) mass is 1230 g/mol. The Balaban J connectivity index is 5.16. The summed E-state index contributed by atoms with van der Waals surface area (Å²) in [6, 6.07) is 0. The van der Waals surface area contributed by atoms with Crippen LogP contribution in [0.2, 0.25) is 0 Å². The van der Waals surface area contributed by atoms with Crippen molar-refractivity contribution in [3.05, 3.63) is 0 Å². The summed E-state index contributed by atoms with van der Waals surface area (Å²) < 4.78 is 67.8. The molecule has 19 heteroatoms. The van der Waals surface area contributed by atoms with Crippen LogP contribution in [0.1, 0.15) is 324 Å². The maximum absolute atomic E-state index is 13.0. The Morgan fingerprint density at radius 1 is 0.325 bits per heavy atom. The van der Waals surface area contributed by atoms with Crippen molar-refractivity contribution in [3.8, 4) is 0 Å². The zero-order chi connectivity index (χ0) is 61.3. The number of carbonyl (C=O) groups excluding carboxylic acids is 4. The summed E-state index contributed by atoms with van der Waals surface area (Å²) in [7, 11) is -9.88. The Morgan fingerprint density at radius 3 is 0.819 bits per heavy atom. The van der Waals surface area contributed by atoms with Crippen LogP contribution < -0.4 is 0 Å². The van der Waals surface area contributed by atoms with E-state index in [-0.39, 0.29) is 25.7 Å². The molecule has 0 fully saturated rings. The van der Waals surface area contributed by atoms with Crippen LogP contribution in [0.5, 0.6) is 0 Å². The number of esters is 4. The van der Waals surface area contributed by atoms with Gasteiger partial charge in [-0.15, -0.1) is 0 Å². The molecular weight excluding hydrogens is 1100 g/mol. The molecule has 0 aliphatic rings. The van der Waals surface area contributed by atoms with Crippen molar-refractivity contribution >= 4 is 39.5 Å². The lowest BCUT2D eigenvalue weighted by molar-refractivity contribution is -0.161. The van der Waals surface area contributed by atoms with Crippen molar-refractivity contribution in [2.75, 3.05) is 39.6 Å². The van der Waals surface area contributed by atoms with E-state index in [1.54, 1.807) is 0 Å². The first-order chi connectivity index (χ1) is 40.0. The van der Waals surface area contributed by atoms with Crippen LogP contribution in [0.3, 0.4) is 0 Å². The van der Waals surface area contributed by atoms with E-state index in [0.717, 1.165) is 96.3 Å². The Bertz CT molecular complexity index is 1620. The van der Waals surface area contributed by atoms with Gasteiger partial charge in [0.1, 0.15) is 19.3 Å². The van der Waals surface area contributed by atoms with Gasteiger partial charge in [0.05, 0.1) is 26.4 Å². The van der Waals surface area contributed by atoms with Crippen molar-refractivity contribution < 1.29 is 80.2 Å². The molecule has 2 unspecified atom stereocenters. The van der Waals surface area contributed by atoms with Crippen molar-refractivity contribution in [2.45, 2.75) is 342 Å². The van der Waals surface area contributed by atoms with Gasteiger partial charge in [0.2, 0.25) is 0 Å². The SMILES string of the molecule is CCCCCCCCCCCCCCCCCCC(=O)O[C@H](COC(=O)CCCCCCCCCCCCCCC)COP(=O)(O)OC[C@@H](O)COP(=O)(O)OC[C@@H](COC(=O)CCCCCCC)OC(=O)CCCCCCCCC(C)C. The summed E-state index contributed by atoms with van der Waals surface area (Å²) in [4.78, 5) is 71.9. The van der Waals surface area contributed by atoms with E-state index >= 15 is 0 Å². The fourth-order valence-corrected chi connectivity index (χ4v) is 11.2. The van der Waals surface area contributed by atoms with Gasteiger partial charge in [-0.1, -0.05) is 272 Å². The Labute approximate surface area is 505 Å². The van der Waals surface area contributed by atoms with Gasteiger partial charge in [0.25, 0.3) is 0 Å². The van der Waals surface area contributed by atoms with Crippen LogP contribution in [-0.4, -0.2) is 96.7 Å². The largest absolute Gasteiger partial charge is 0.472 e. The molecule has 0 rings (SSSR count). The van der Waals surface area contributed by atoms with Crippen molar-refractivity contribution in [1.29, 1.82) is 0 Å². The summed E-state index contributed by atoms with van der Waals surface area (Å²) in [5.41, 5.74) is 0. The minimum atomic E-state index is -4.94. The van der Waals surface area contributed by atoms with Gasteiger partial charge in [-0.2, -0.15) is 0 Å². The Hall–Kier alpha value is -1.94. The summed E-state index contributed by atoms with van der Waals surface area (Å²) in [5, 5.41) is 10.5. The number of carbonyl (C=O) groups is 4. The molecule has 0 radical (unpaired) electrons. The number of phosphoric ester groups is 2. The molecule has 0 aromatic heterocycles. The number of aliphatic hydroxyl groups is 1. The molecule has 0 heterocycles. The van der Waals surface area contributed by atoms with E-state index in [0.29, 0.717) is 31.6 Å². The number of phosphoric acid groups is 2. The molecule has 0 aliphatic carbocycles. The third-order valence-corrected chi connectivity index (χ3v) is 16.7. The molecule has 3 N–H and O–H groups in total. The van der Waals surface area contributed by atoms with Crippen molar-refractivity contribution in [1.82, 2.24) is 0 Å². The molecule has 5 atom stereocenters. The molecule has 0 saturated carbocycles. The van der Waals surface area contributed by atoms with Gasteiger partial charge in [-0.25, -0.2) is 9.13 Å². The topological polar surface area (TPSA) is 237 Å². The highest BCUT2D eigenvalue weighted by Crippen LogP contribution is 2.45. The van der Waals surface area contributed by atoms with E-state index in [2.05, 4.69) is 34.6 Å². The summed E-state index contributed by atoms with van der Waals surface area (Å²) in [6.07, 6.45) is 42.2. The van der Waals surface area contributed by atoms with Crippen LogP contribution in [0.15, 0.2) is 0 Å². The second-order valence-electron chi connectivity index (χ2n) is 23.6. The lowest BCUT2D eigenvalue weighted by atomic mass is 10.0. The molecule has 0 aromatic rings. The number of rotatable bonds is 64. The standard InChI is InChI=1S/C64H124O17P2/c1-6-9-12-15-17-19-21-23-24-25-27-29-31-33-39-44-49-63(68)80-60(54-75-62(67)48-43-38-32-30-28-26-22-20-18-16-13-10-7-2)56-79-83(72,73)77-52-58(65)51-76-82(70,71)78-55-59(53-74-61(66)47-42-36-14-11-8-3)81-64(69)50-45-40-35-34-37-41-46-57(4)5/h57-60,65H,6-56H2,1-5H3,(H,70,71)(H,72,73)/t58-,59+,60+/m0/s1. The number of hydrogen-bond donors (Lipinski definition) is 3. The Kier molecular flexibility index (Phi) is 56.4. The predicted octanol–water partition coefficient (Wildman–Crippen LogP) is 17.8. The molecule has 17 nitrogen and oxygen atoms in total. The molecule has 0 bridgehead atoms. The predicted molar refractivity (Wildman–Crippen MR) is 331 cm³/mol. The first-order valence-electron chi connectivity index (χ1n) is 33.6. The Morgan fingerprint density at radius 2 is 0.554 bits per heavy atom. The maximum Gasteiger partial charge on any atom is 0.472 e. The highest BCUT2D eigenvalue weighted by molar-refractivity contribution is 7.47. The van der Waals surface area contributed by atoms with Crippen LogP contribution >= 0.6 is 15.6 Å². The molecule has 0 saturated heterocycles. The fraction of sp³-hybridized carbons (Fsp3) is 0.938. The van der Waals surface area contributed by atoms with E-state index < -0.39 is 97.5 Å². The molecule has 0 spiro atoms. The lowest BCUT2D eigenvalue weighted by Crippen LogP contribution is -2.30. The van der Waals surface area contributed by atoms with Gasteiger partial charge in [0, 0.05) is 25.7 Å². The molecule has 0 aromatic carbocycles. The van der Waals surface area contributed by atoms with Gasteiger partial charge in [0.15, 0.2) is 12.2 Å². The summed E-state index contributed by atoms with van der Waals surface area (Å²) >= 11 is 0. The average Bonchev–Trinajstić information content (AvgIpc) is 3.45. The smallest absolute Gasteiger partial charge is 0.462 e. The average molecular weight is 1230 g/mol. The zero-order valence-corrected chi connectivity index (χ0v) is 55.1. The van der Waals surface area contributed by atoms with Gasteiger partial charge < -0.3 is 33.8 Å². The number of ether oxygens (including phenoxy) is 4. The zero-order valence-electron chi connectivity index (χ0n) is 53.3. The van der Waals surface area contributed by atoms with Crippen LogP contribution in [0.25, 0.3) is 0 Å². The normalized spacial score (nSPS) is 14.2. The fourth-order valence-electron chi connectivity index (χ4n) is 9.58. The van der Waals surface area contributed by atoms with Gasteiger partial charge in [-0.05, 0) is 31.6 Å². The first-order valence-corrected chi connectivity index (χ1v) is 36.6. The summed E-state index contributed by atoms with van der Waals surface area (Å²) in [6.45, 7) is 7.02. The lowest BCUT2D eigenvalue weighted by Gasteiger charge is -2.21. The quantitative estimate of drug-likeness (QED) is 0.0222. The van der Waals surface area contributed by atoms with E-state index in [1.165, 1.54) is 141 Å². The third-order valence-electron chi connectivity index (χ3n) is 14.8. The minimum Gasteiger partial charge on any atom is -0.462 e. The molecule has 0 amide bonds. The number of aliphatic hydroxyl groups excluding tert-OH is 1. The van der Waals surface area contributed by atoms with Gasteiger partial charge >= 0.3 is 39.5 Å². The second-order valence-corrected chi connectivity index (χ2v) is 26.5. The number of unbranched alkanes of at least 4 members (excludes halogenated alkanes) is 36. The van der Waals surface area contributed by atoms with E-state index in [1.807, 2.05) is 0 Å². The van der Waals surface area contributed by atoms with Crippen LogP contribution in [0.4, 0.5) is 0 Å². The molecule has 0 aliphatic heterocycles. The van der Waals surface area contributed by atoms with E-state index in [9.17, 15) is 43.2 Å². The van der Waals surface area contributed by atoms with Crippen molar-refractivity contribution in [3.63, 3.8) is 0 Å².